The van der Waals surface area contributed by atoms with E-state index in [1.54, 1.807) is 6.07 Å². The van der Waals surface area contributed by atoms with E-state index >= 15 is 0 Å². The van der Waals surface area contributed by atoms with Crippen molar-refractivity contribution in [2.24, 2.45) is 0 Å². The fraction of sp³-hybridized carbons (Fsp3) is 0.571. The molecule has 1 N–H and O–H groups in total. The monoisotopic (exact) mass is 254 g/mol. The van der Waals surface area contributed by atoms with E-state index in [2.05, 4.69) is 10.2 Å². The van der Waals surface area contributed by atoms with E-state index in [0.29, 0.717) is 12.4 Å². The molecule has 1 aromatic rings. The van der Waals surface area contributed by atoms with Crippen LogP contribution in [0.2, 0.25) is 0 Å². The Balaban J connectivity index is 2.52. The lowest BCUT2D eigenvalue weighted by molar-refractivity contribution is 0.271. The van der Waals surface area contributed by atoms with Gasteiger partial charge in [-0.25, -0.2) is 4.39 Å². The van der Waals surface area contributed by atoms with Gasteiger partial charge in [0.25, 0.3) is 0 Å². The molecule has 0 bridgehead atoms. The maximum atomic E-state index is 13.8. The van der Waals surface area contributed by atoms with Crippen molar-refractivity contribution in [3.05, 3.63) is 29.6 Å². The normalized spacial score (nSPS) is 12.8. The minimum Gasteiger partial charge on any atom is -0.490 e. The SMILES string of the molecule is CNC(C)c1ccc(OCCCN(C)C)c(F)c1. The summed E-state index contributed by atoms with van der Waals surface area (Å²) in [6.07, 6.45) is 0.890. The maximum Gasteiger partial charge on any atom is 0.165 e. The van der Waals surface area contributed by atoms with Gasteiger partial charge in [-0.1, -0.05) is 6.07 Å². The highest BCUT2D eigenvalue weighted by atomic mass is 19.1. The van der Waals surface area contributed by atoms with Gasteiger partial charge < -0.3 is 15.0 Å². The smallest absolute Gasteiger partial charge is 0.165 e. The molecule has 0 aliphatic rings. The van der Waals surface area contributed by atoms with E-state index in [9.17, 15) is 4.39 Å². The molecular weight excluding hydrogens is 231 g/mol. The molecule has 0 fully saturated rings. The summed E-state index contributed by atoms with van der Waals surface area (Å²) in [5.74, 6) is 0.0419. The molecule has 4 heteroatoms. The molecule has 0 saturated heterocycles. The predicted octanol–water partition coefficient (Wildman–Crippen LogP) is 2.44. The fourth-order valence-corrected chi connectivity index (χ4v) is 1.63. The van der Waals surface area contributed by atoms with Crippen LogP contribution in [0.1, 0.15) is 24.9 Å². The Morgan fingerprint density at radius 1 is 1.39 bits per heavy atom. The average Bonchev–Trinajstić information content (AvgIpc) is 2.34. The van der Waals surface area contributed by atoms with Crippen LogP contribution < -0.4 is 10.1 Å². The Bertz CT molecular complexity index is 369. The van der Waals surface area contributed by atoms with Gasteiger partial charge in [-0.05, 0) is 52.2 Å². The topological polar surface area (TPSA) is 24.5 Å². The molecule has 0 saturated carbocycles. The van der Waals surface area contributed by atoms with E-state index in [0.717, 1.165) is 18.5 Å². The Labute approximate surface area is 109 Å². The Kier molecular flexibility index (Phi) is 6.09. The van der Waals surface area contributed by atoms with Crippen LogP contribution in [0.25, 0.3) is 0 Å². The predicted molar refractivity (Wildman–Crippen MR) is 72.5 cm³/mol. The third kappa shape index (κ3) is 4.63. The van der Waals surface area contributed by atoms with Crippen molar-refractivity contribution in [1.82, 2.24) is 10.2 Å². The number of ether oxygens (including phenoxy) is 1. The number of benzene rings is 1. The second-order valence-corrected chi connectivity index (χ2v) is 4.71. The van der Waals surface area contributed by atoms with Crippen LogP contribution in [0.5, 0.6) is 5.75 Å². The molecule has 0 aromatic heterocycles. The van der Waals surface area contributed by atoms with Crippen molar-refractivity contribution in [2.45, 2.75) is 19.4 Å². The summed E-state index contributed by atoms with van der Waals surface area (Å²) in [4.78, 5) is 2.08. The third-order valence-electron chi connectivity index (χ3n) is 2.90. The molecule has 0 aliphatic heterocycles. The Morgan fingerprint density at radius 3 is 2.67 bits per heavy atom. The van der Waals surface area contributed by atoms with Gasteiger partial charge in [0.15, 0.2) is 11.6 Å². The standard InChI is InChI=1S/C14H23FN2O/c1-11(16-2)12-6-7-14(13(15)10-12)18-9-5-8-17(3)4/h6-7,10-11,16H,5,8-9H2,1-4H3. The van der Waals surface area contributed by atoms with Crippen LogP contribution >= 0.6 is 0 Å². The number of halogens is 1. The molecule has 1 aromatic carbocycles. The van der Waals surface area contributed by atoms with Gasteiger partial charge in [0.05, 0.1) is 6.61 Å². The molecule has 1 atom stereocenters. The van der Waals surface area contributed by atoms with Gasteiger partial charge in [0.2, 0.25) is 0 Å². The lowest BCUT2D eigenvalue weighted by atomic mass is 10.1. The summed E-state index contributed by atoms with van der Waals surface area (Å²) in [6.45, 7) is 3.47. The zero-order valence-electron chi connectivity index (χ0n) is 11.7. The first-order chi connectivity index (χ1) is 8.54. The summed E-state index contributed by atoms with van der Waals surface area (Å²) in [7, 11) is 5.87. The van der Waals surface area contributed by atoms with Gasteiger partial charge in [0.1, 0.15) is 0 Å². The number of nitrogens with one attached hydrogen (secondary N) is 1. The number of nitrogens with zero attached hydrogens (tertiary/aromatic N) is 1. The van der Waals surface area contributed by atoms with E-state index in [-0.39, 0.29) is 11.9 Å². The summed E-state index contributed by atoms with van der Waals surface area (Å²) >= 11 is 0. The second-order valence-electron chi connectivity index (χ2n) is 4.71. The van der Waals surface area contributed by atoms with Crippen LogP contribution in [0.15, 0.2) is 18.2 Å². The van der Waals surface area contributed by atoms with Crippen molar-refractivity contribution < 1.29 is 9.13 Å². The first kappa shape index (κ1) is 14.9. The molecule has 1 unspecified atom stereocenters. The van der Waals surface area contributed by atoms with E-state index in [1.807, 2.05) is 34.1 Å². The van der Waals surface area contributed by atoms with E-state index < -0.39 is 0 Å². The molecule has 3 nitrogen and oxygen atoms in total. The van der Waals surface area contributed by atoms with Crippen LogP contribution in [0.3, 0.4) is 0 Å². The summed E-state index contributed by atoms with van der Waals surface area (Å²) in [6, 6.07) is 5.27. The maximum absolute atomic E-state index is 13.8. The van der Waals surface area contributed by atoms with Crippen LogP contribution in [-0.2, 0) is 0 Å². The first-order valence-electron chi connectivity index (χ1n) is 6.29. The van der Waals surface area contributed by atoms with Crippen molar-refractivity contribution in [3.8, 4) is 5.75 Å². The number of hydrogen-bond donors (Lipinski definition) is 1. The fourth-order valence-electron chi connectivity index (χ4n) is 1.63. The van der Waals surface area contributed by atoms with E-state index in [4.69, 9.17) is 4.74 Å². The largest absolute Gasteiger partial charge is 0.490 e. The Hall–Kier alpha value is -1.13. The van der Waals surface area contributed by atoms with Crippen LogP contribution in [0, 0.1) is 5.82 Å². The molecule has 0 radical (unpaired) electrons. The van der Waals surface area contributed by atoms with Crippen molar-refractivity contribution in [2.75, 3.05) is 34.3 Å². The molecule has 0 aliphatic carbocycles. The summed E-state index contributed by atoms with van der Waals surface area (Å²) < 4.78 is 19.2. The van der Waals surface area contributed by atoms with E-state index in [1.165, 1.54) is 6.07 Å². The van der Waals surface area contributed by atoms with Gasteiger partial charge >= 0.3 is 0 Å². The molecule has 0 heterocycles. The molecule has 0 spiro atoms. The lowest BCUT2D eigenvalue weighted by Crippen LogP contribution is -2.16. The quantitative estimate of drug-likeness (QED) is 0.756. The zero-order valence-corrected chi connectivity index (χ0v) is 11.7. The summed E-state index contributed by atoms with van der Waals surface area (Å²) in [5.41, 5.74) is 0.927. The minimum atomic E-state index is -0.292. The molecule has 0 amide bonds. The van der Waals surface area contributed by atoms with Crippen LogP contribution in [0.4, 0.5) is 4.39 Å². The highest BCUT2D eigenvalue weighted by Gasteiger charge is 2.08. The molecular formula is C14H23FN2O. The first-order valence-corrected chi connectivity index (χ1v) is 6.29. The van der Waals surface area contributed by atoms with Gasteiger partial charge in [-0.15, -0.1) is 0 Å². The average molecular weight is 254 g/mol. The molecule has 1 rings (SSSR count). The molecule has 102 valence electrons. The highest BCUT2D eigenvalue weighted by Crippen LogP contribution is 2.21. The van der Waals surface area contributed by atoms with Gasteiger partial charge in [-0.2, -0.15) is 0 Å². The number of rotatable bonds is 7. The van der Waals surface area contributed by atoms with Crippen molar-refractivity contribution >= 4 is 0 Å². The molecule has 18 heavy (non-hydrogen) atoms. The summed E-state index contributed by atoms with van der Waals surface area (Å²) in [5, 5.41) is 3.08. The minimum absolute atomic E-state index is 0.141. The zero-order chi connectivity index (χ0) is 13.5. The Morgan fingerprint density at radius 2 is 2.11 bits per heavy atom. The third-order valence-corrected chi connectivity index (χ3v) is 2.90. The van der Waals surface area contributed by atoms with Gasteiger partial charge in [-0.3, -0.25) is 0 Å². The van der Waals surface area contributed by atoms with Crippen molar-refractivity contribution in [1.29, 1.82) is 0 Å². The van der Waals surface area contributed by atoms with Gasteiger partial charge in [0, 0.05) is 12.6 Å². The lowest BCUT2D eigenvalue weighted by Gasteiger charge is -2.13. The second kappa shape index (κ2) is 7.34. The van der Waals surface area contributed by atoms with Crippen LogP contribution in [-0.4, -0.2) is 39.2 Å². The highest BCUT2D eigenvalue weighted by molar-refractivity contribution is 5.30. The number of hydrogen-bond acceptors (Lipinski definition) is 3. The van der Waals surface area contributed by atoms with Crippen molar-refractivity contribution in [3.63, 3.8) is 0 Å².